The first kappa shape index (κ1) is 9.66. The molecule has 4 heteroatoms. The molecule has 0 saturated carbocycles. The van der Waals surface area contributed by atoms with Gasteiger partial charge in [-0.2, -0.15) is 0 Å². The fourth-order valence-electron chi connectivity index (χ4n) is 2.19. The number of nitrogens with zero attached hydrogens (tertiary/aromatic N) is 1. The van der Waals surface area contributed by atoms with Crippen LogP contribution in [0.25, 0.3) is 11.0 Å². The molecule has 1 saturated heterocycles. The molecule has 0 bridgehead atoms. The van der Waals surface area contributed by atoms with E-state index in [-0.39, 0.29) is 0 Å². The second-order valence-electron chi connectivity index (χ2n) is 4.28. The van der Waals surface area contributed by atoms with Crippen LogP contribution in [0, 0.1) is 0 Å². The van der Waals surface area contributed by atoms with Crippen molar-refractivity contribution in [2.75, 3.05) is 18.4 Å². The molecule has 1 atom stereocenters. The Morgan fingerprint density at radius 3 is 3.12 bits per heavy atom. The monoisotopic (exact) mass is 216 g/mol. The molecule has 4 nitrogen and oxygen atoms in total. The van der Waals surface area contributed by atoms with Crippen molar-refractivity contribution < 1.29 is 0 Å². The van der Waals surface area contributed by atoms with Crippen LogP contribution in [0.15, 0.2) is 24.3 Å². The number of imidazole rings is 1. The minimum Gasteiger partial charge on any atom is -0.354 e. The summed E-state index contributed by atoms with van der Waals surface area (Å²) in [5.74, 6) is 0.870. The van der Waals surface area contributed by atoms with Gasteiger partial charge in [-0.1, -0.05) is 12.1 Å². The maximum Gasteiger partial charge on any atom is 0.201 e. The molecule has 1 fully saturated rings. The van der Waals surface area contributed by atoms with Crippen molar-refractivity contribution in [1.29, 1.82) is 0 Å². The highest BCUT2D eigenvalue weighted by molar-refractivity contribution is 5.77. The van der Waals surface area contributed by atoms with Crippen LogP contribution >= 0.6 is 0 Å². The van der Waals surface area contributed by atoms with Crippen LogP contribution < -0.4 is 10.6 Å². The van der Waals surface area contributed by atoms with Gasteiger partial charge in [0.2, 0.25) is 5.95 Å². The summed E-state index contributed by atoms with van der Waals surface area (Å²) in [4.78, 5) is 7.75. The summed E-state index contributed by atoms with van der Waals surface area (Å²) in [7, 11) is 0. The third-order valence-electron chi connectivity index (χ3n) is 3.07. The maximum absolute atomic E-state index is 4.48. The number of aromatic nitrogens is 2. The second-order valence-corrected chi connectivity index (χ2v) is 4.28. The normalized spacial score (nSPS) is 20.4. The third kappa shape index (κ3) is 1.88. The first-order valence-electron chi connectivity index (χ1n) is 5.84. The Bertz CT molecular complexity index is 438. The maximum atomic E-state index is 4.48. The quantitative estimate of drug-likeness (QED) is 0.732. The predicted molar refractivity (Wildman–Crippen MR) is 65.6 cm³/mol. The number of nitrogens with one attached hydrogen (secondary N) is 3. The minimum absolute atomic E-state index is 0.591. The van der Waals surface area contributed by atoms with Gasteiger partial charge in [0.05, 0.1) is 11.0 Å². The number of hydrogen-bond donors (Lipinski definition) is 3. The largest absolute Gasteiger partial charge is 0.354 e. The number of fused-ring (bicyclic) bond motifs is 1. The molecule has 0 unspecified atom stereocenters. The lowest BCUT2D eigenvalue weighted by Crippen LogP contribution is -2.29. The highest BCUT2D eigenvalue weighted by Crippen LogP contribution is 2.13. The van der Waals surface area contributed by atoms with Crippen LogP contribution in [0.2, 0.25) is 0 Å². The van der Waals surface area contributed by atoms with Gasteiger partial charge in [-0.05, 0) is 31.5 Å². The van der Waals surface area contributed by atoms with Crippen molar-refractivity contribution in [1.82, 2.24) is 15.3 Å². The molecule has 0 aliphatic carbocycles. The van der Waals surface area contributed by atoms with E-state index in [9.17, 15) is 0 Å². The summed E-state index contributed by atoms with van der Waals surface area (Å²) >= 11 is 0. The Hall–Kier alpha value is -1.55. The molecule has 1 aliphatic heterocycles. The zero-order valence-electron chi connectivity index (χ0n) is 9.16. The Morgan fingerprint density at radius 1 is 1.38 bits per heavy atom. The van der Waals surface area contributed by atoms with E-state index in [1.807, 2.05) is 24.3 Å². The predicted octanol–water partition coefficient (Wildman–Crippen LogP) is 1.73. The number of hydrogen-bond acceptors (Lipinski definition) is 3. The average molecular weight is 216 g/mol. The standard InChI is InChI=1S/C12H16N4/c1-2-6-11-10(5-1)15-12(16-11)14-8-9-4-3-7-13-9/h1-2,5-6,9,13H,3-4,7-8H2,(H2,14,15,16)/t9-/m0/s1. The molecule has 3 rings (SSSR count). The Morgan fingerprint density at radius 2 is 2.31 bits per heavy atom. The van der Waals surface area contributed by atoms with E-state index in [1.165, 1.54) is 12.8 Å². The molecule has 3 N–H and O–H groups in total. The van der Waals surface area contributed by atoms with Gasteiger partial charge in [0.25, 0.3) is 0 Å². The zero-order chi connectivity index (χ0) is 10.8. The smallest absolute Gasteiger partial charge is 0.201 e. The molecule has 1 aromatic heterocycles. The van der Waals surface area contributed by atoms with Gasteiger partial charge in [0.15, 0.2) is 0 Å². The lowest BCUT2D eigenvalue weighted by Gasteiger charge is -2.09. The second kappa shape index (κ2) is 4.14. The van der Waals surface area contributed by atoms with Gasteiger partial charge in [0.1, 0.15) is 0 Å². The van der Waals surface area contributed by atoms with Gasteiger partial charge in [-0.3, -0.25) is 0 Å². The molecule has 1 aliphatic rings. The van der Waals surface area contributed by atoms with Crippen molar-refractivity contribution >= 4 is 17.0 Å². The molecule has 2 aromatic rings. The number of para-hydroxylation sites is 2. The van der Waals surface area contributed by atoms with Crippen molar-refractivity contribution in [2.24, 2.45) is 0 Å². The van der Waals surface area contributed by atoms with E-state index in [0.29, 0.717) is 6.04 Å². The van der Waals surface area contributed by atoms with Crippen molar-refractivity contribution in [3.63, 3.8) is 0 Å². The lowest BCUT2D eigenvalue weighted by atomic mass is 10.2. The van der Waals surface area contributed by atoms with Gasteiger partial charge in [-0.15, -0.1) is 0 Å². The first-order chi connectivity index (χ1) is 7.92. The van der Waals surface area contributed by atoms with E-state index in [2.05, 4.69) is 20.6 Å². The topological polar surface area (TPSA) is 52.7 Å². The Balaban J connectivity index is 1.69. The molecule has 0 amide bonds. The van der Waals surface area contributed by atoms with Crippen LogP contribution in [-0.4, -0.2) is 29.1 Å². The number of H-pyrrole nitrogens is 1. The average Bonchev–Trinajstić information content (AvgIpc) is 2.95. The summed E-state index contributed by atoms with van der Waals surface area (Å²) in [5.41, 5.74) is 2.11. The van der Waals surface area contributed by atoms with Crippen LogP contribution in [0.4, 0.5) is 5.95 Å². The van der Waals surface area contributed by atoms with E-state index in [0.717, 1.165) is 30.1 Å². The van der Waals surface area contributed by atoms with Gasteiger partial charge in [0, 0.05) is 12.6 Å². The van der Waals surface area contributed by atoms with E-state index >= 15 is 0 Å². The molecule has 2 heterocycles. The molecule has 16 heavy (non-hydrogen) atoms. The number of rotatable bonds is 3. The summed E-state index contributed by atoms with van der Waals surface area (Å²) in [5, 5.41) is 6.80. The van der Waals surface area contributed by atoms with E-state index in [4.69, 9.17) is 0 Å². The summed E-state index contributed by atoms with van der Waals surface area (Å²) < 4.78 is 0. The summed E-state index contributed by atoms with van der Waals surface area (Å²) in [6, 6.07) is 8.67. The van der Waals surface area contributed by atoms with Crippen molar-refractivity contribution in [3.05, 3.63) is 24.3 Å². The number of aromatic amines is 1. The van der Waals surface area contributed by atoms with Crippen molar-refractivity contribution in [2.45, 2.75) is 18.9 Å². The highest BCUT2D eigenvalue weighted by Gasteiger charge is 2.13. The number of benzene rings is 1. The fourth-order valence-corrected chi connectivity index (χ4v) is 2.19. The summed E-state index contributed by atoms with van der Waals surface area (Å²) in [6.07, 6.45) is 2.54. The van der Waals surface area contributed by atoms with Gasteiger partial charge >= 0.3 is 0 Å². The molecule has 1 aromatic carbocycles. The summed E-state index contributed by atoms with van der Waals surface area (Å²) in [6.45, 7) is 2.09. The van der Waals surface area contributed by atoms with Crippen molar-refractivity contribution in [3.8, 4) is 0 Å². The third-order valence-corrected chi connectivity index (χ3v) is 3.07. The first-order valence-corrected chi connectivity index (χ1v) is 5.84. The minimum atomic E-state index is 0.591. The number of anilines is 1. The molecule has 0 radical (unpaired) electrons. The van der Waals surface area contributed by atoms with E-state index in [1.54, 1.807) is 0 Å². The molecule has 0 spiro atoms. The van der Waals surface area contributed by atoms with Crippen LogP contribution in [-0.2, 0) is 0 Å². The van der Waals surface area contributed by atoms with Crippen LogP contribution in [0.5, 0.6) is 0 Å². The van der Waals surface area contributed by atoms with Crippen LogP contribution in [0.1, 0.15) is 12.8 Å². The zero-order valence-corrected chi connectivity index (χ0v) is 9.16. The Kier molecular flexibility index (Phi) is 2.50. The van der Waals surface area contributed by atoms with Gasteiger partial charge < -0.3 is 15.6 Å². The fraction of sp³-hybridized carbons (Fsp3) is 0.417. The molecular formula is C12H16N4. The lowest BCUT2D eigenvalue weighted by molar-refractivity contribution is 0.632. The van der Waals surface area contributed by atoms with Crippen LogP contribution in [0.3, 0.4) is 0 Å². The van der Waals surface area contributed by atoms with E-state index < -0.39 is 0 Å². The molecule has 84 valence electrons. The Labute approximate surface area is 94.5 Å². The highest BCUT2D eigenvalue weighted by atomic mass is 15.1. The van der Waals surface area contributed by atoms with Gasteiger partial charge in [-0.25, -0.2) is 4.98 Å². The SMILES string of the molecule is c1ccc2[nH]c(NC[C@@H]3CCCN3)nc2c1. The molecular weight excluding hydrogens is 200 g/mol.